The van der Waals surface area contributed by atoms with Crippen molar-refractivity contribution >= 4 is 22.7 Å². The summed E-state index contributed by atoms with van der Waals surface area (Å²) in [4.78, 5) is 9.07. The van der Waals surface area contributed by atoms with Crippen molar-refractivity contribution in [2.45, 2.75) is 26.8 Å². The lowest BCUT2D eigenvalue weighted by Crippen LogP contribution is -2.22. The molecule has 2 aromatic heterocycles. The Morgan fingerprint density at radius 2 is 2.06 bits per heavy atom. The first-order valence-corrected chi connectivity index (χ1v) is 7.04. The van der Waals surface area contributed by atoms with Crippen LogP contribution >= 0.6 is 22.7 Å². The molecule has 0 aliphatic carbocycles. The molecule has 1 N–H and O–H groups in total. The minimum absolute atomic E-state index is 0.147. The largest absolute Gasteiger partial charge is 0.303 e. The summed E-state index contributed by atoms with van der Waals surface area (Å²) in [6.07, 6.45) is 0. The van der Waals surface area contributed by atoms with E-state index in [4.69, 9.17) is 0 Å². The lowest BCUT2D eigenvalue weighted by molar-refractivity contribution is 0.613. The molecule has 0 aromatic carbocycles. The number of nitrogens with one attached hydrogen (secondary N) is 1. The Hall–Kier alpha value is -0.780. The van der Waals surface area contributed by atoms with Gasteiger partial charge in [0.1, 0.15) is 11.0 Å². The zero-order valence-corrected chi connectivity index (χ0v) is 11.3. The minimum atomic E-state index is 0.147. The molecule has 2 rings (SSSR count). The maximum atomic E-state index is 4.54. The number of aryl methyl sites for hydroxylation is 2. The Kier molecular flexibility index (Phi) is 3.68. The number of rotatable bonds is 4. The molecule has 16 heavy (non-hydrogen) atoms. The van der Waals surface area contributed by atoms with Crippen molar-refractivity contribution in [2.75, 3.05) is 6.54 Å². The van der Waals surface area contributed by atoms with Crippen LogP contribution < -0.4 is 5.32 Å². The summed E-state index contributed by atoms with van der Waals surface area (Å²) in [5.74, 6) is 0. The van der Waals surface area contributed by atoms with Crippen LogP contribution in [0.1, 0.15) is 34.4 Å². The highest BCUT2D eigenvalue weighted by atomic mass is 32.1. The van der Waals surface area contributed by atoms with Gasteiger partial charge in [-0.2, -0.15) is 0 Å². The highest BCUT2D eigenvalue weighted by molar-refractivity contribution is 7.10. The van der Waals surface area contributed by atoms with E-state index in [9.17, 15) is 0 Å². The summed E-state index contributed by atoms with van der Waals surface area (Å²) in [5, 5.41) is 9.83. The number of hydrogen-bond donors (Lipinski definition) is 1. The number of nitrogens with zero attached hydrogens (tertiary/aromatic N) is 2. The van der Waals surface area contributed by atoms with Gasteiger partial charge in [-0.05, 0) is 20.4 Å². The average molecular weight is 253 g/mol. The van der Waals surface area contributed by atoms with E-state index in [2.05, 4.69) is 33.0 Å². The van der Waals surface area contributed by atoms with E-state index >= 15 is 0 Å². The predicted molar refractivity (Wildman–Crippen MR) is 69.2 cm³/mol. The summed E-state index contributed by atoms with van der Waals surface area (Å²) in [5.41, 5.74) is 2.16. The quantitative estimate of drug-likeness (QED) is 0.910. The molecule has 5 heteroatoms. The third-order valence-electron chi connectivity index (χ3n) is 2.22. The summed E-state index contributed by atoms with van der Waals surface area (Å²) in [6, 6.07) is 0.147. The predicted octanol–water partition coefficient (Wildman–Crippen LogP) is 2.92. The zero-order valence-electron chi connectivity index (χ0n) is 9.65. The number of hydrogen-bond acceptors (Lipinski definition) is 5. The van der Waals surface area contributed by atoms with Crippen molar-refractivity contribution < 1.29 is 0 Å². The molecule has 0 fully saturated rings. The van der Waals surface area contributed by atoms with Crippen LogP contribution in [0, 0.1) is 13.8 Å². The van der Waals surface area contributed by atoms with Crippen molar-refractivity contribution in [3.05, 3.63) is 32.2 Å². The van der Waals surface area contributed by atoms with Gasteiger partial charge in [0.05, 0.1) is 10.7 Å². The Labute approximate surface area is 104 Å². The normalized spacial score (nSPS) is 12.9. The smallest absolute Gasteiger partial charge is 0.116 e. The molecule has 0 spiro atoms. The van der Waals surface area contributed by atoms with Crippen LogP contribution in [0.15, 0.2) is 10.8 Å². The first-order chi connectivity index (χ1) is 7.70. The van der Waals surface area contributed by atoms with Gasteiger partial charge in [-0.25, -0.2) is 9.97 Å². The monoisotopic (exact) mass is 253 g/mol. The van der Waals surface area contributed by atoms with E-state index < -0.39 is 0 Å². The molecule has 0 saturated heterocycles. The average Bonchev–Trinajstić information content (AvgIpc) is 2.84. The first kappa shape index (κ1) is 11.7. The van der Waals surface area contributed by atoms with E-state index in [0.29, 0.717) is 0 Å². The minimum Gasteiger partial charge on any atom is -0.303 e. The van der Waals surface area contributed by atoms with Gasteiger partial charge in [0, 0.05) is 16.5 Å². The molecule has 0 bridgehead atoms. The lowest BCUT2D eigenvalue weighted by Gasteiger charge is -2.12. The molecule has 1 unspecified atom stereocenters. The van der Waals surface area contributed by atoms with Crippen molar-refractivity contribution in [1.82, 2.24) is 15.3 Å². The van der Waals surface area contributed by atoms with Gasteiger partial charge in [0.15, 0.2) is 0 Å². The highest BCUT2D eigenvalue weighted by Crippen LogP contribution is 2.25. The summed E-state index contributed by atoms with van der Waals surface area (Å²) in [6.45, 7) is 7.08. The maximum Gasteiger partial charge on any atom is 0.116 e. The Balaban J connectivity index is 2.30. The Morgan fingerprint density at radius 3 is 2.56 bits per heavy atom. The van der Waals surface area contributed by atoms with Crippen LogP contribution in [0.5, 0.6) is 0 Å². The van der Waals surface area contributed by atoms with Gasteiger partial charge in [0.25, 0.3) is 0 Å². The van der Waals surface area contributed by atoms with Crippen LogP contribution in [-0.4, -0.2) is 16.5 Å². The molecular weight excluding hydrogens is 238 g/mol. The van der Waals surface area contributed by atoms with E-state index in [-0.39, 0.29) is 6.04 Å². The van der Waals surface area contributed by atoms with E-state index in [0.717, 1.165) is 27.9 Å². The van der Waals surface area contributed by atoms with Crippen molar-refractivity contribution in [3.8, 4) is 0 Å². The molecule has 0 saturated carbocycles. The van der Waals surface area contributed by atoms with Gasteiger partial charge in [0.2, 0.25) is 0 Å². The first-order valence-electron chi connectivity index (χ1n) is 5.28. The fourth-order valence-electron chi connectivity index (χ4n) is 1.54. The second kappa shape index (κ2) is 5.03. The van der Waals surface area contributed by atoms with Crippen LogP contribution in [0.25, 0.3) is 0 Å². The van der Waals surface area contributed by atoms with Gasteiger partial charge >= 0.3 is 0 Å². The molecule has 0 aliphatic heterocycles. The third kappa shape index (κ3) is 2.48. The second-order valence-electron chi connectivity index (χ2n) is 3.61. The molecule has 0 radical (unpaired) electrons. The topological polar surface area (TPSA) is 37.8 Å². The summed E-state index contributed by atoms with van der Waals surface area (Å²) < 4.78 is 0. The van der Waals surface area contributed by atoms with Gasteiger partial charge < -0.3 is 5.32 Å². The van der Waals surface area contributed by atoms with Crippen LogP contribution in [0.2, 0.25) is 0 Å². The molecule has 3 nitrogen and oxygen atoms in total. The van der Waals surface area contributed by atoms with Crippen LogP contribution in [0.3, 0.4) is 0 Å². The standard InChI is InChI=1S/C11H15N3S2/c1-4-12-10(9-6-15-8(3)14-9)11-13-7(2)5-16-11/h5-6,10,12H,4H2,1-3H3. The van der Waals surface area contributed by atoms with Gasteiger partial charge in [-0.15, -0.1) is 22.7 Å². The maximum absolute atomic E-state index is 4.54. The highest BCUT2D eigenvalue weighted by Gasteiger charge is 2.18. The Morgan fingerprint density at radius 1 is 1.25 bits per heavy atom. The number of thiazole rings is 2. The lowest BCUT2D eigenvalue weighted by atomic mass is 10.2. The van der Waals surface area contributed by atoms with Gasteiger partial charge in [-0.1, -0.05) is 6.92 Å². The van der Waals surface area contributed by atoms with E-state index in [1.165, 1.54) is 0 Å². The van der Waals surface area contributed by atoms with Crippen LogP contribution in [0.4, 0.5) is 0 Å². The zero-order chi connectivity index (χ0) is 11.5. The van der Waals surface area contributed by atoms with Crippen molar-refractivity contribution in [3.63, 3.8) is 0 Å². The SMILES string of the molecule is CCNC(c1csc(C)n1)c1nc(C)cs1. The molecule has 0 aliphatic rings. The second-order valence-corrected chi connectivity index (χ2v) is 5.56. The molecular formula is C11H15N3S2. The summed E-state index contributed by atoms with van der Waals surface area (Å²) >= 11 is 3.38. The van der Waals surface area contributed by atoms with Gasteiger partial charge in [-0.3, -0.25) is 0 Å². The van der Waals surface area contributed by atoms with Crippen molar-refractivity contribution in [1.29, 1.82) is 0 Å². The molecule has 2 heterocycles. The molecule has 0 amide bonds. The third-order valence-corrected chi connectivity index (χ3v) is 4.04. The Bertz CT molecular complexity index is 421. The molecule has 1 atom stereocenters. The molecule has 86 valence electrons. The molecule has 2 aromatic rings. The van der Waals surface area contributed by atoms with Crippen molar-refractivity contribution in [2.24, 2.45) is 0 Å². The van der Waals surface area contributed by atoms with Crippen LogP contribution in [-0.2, 0) is 0 Å². The van der Waals surface area contributed by atoms with E-state index in [1.54, 1.807) is 22.7 Å². The fraction of sp³-hybridized carbons (Fsp3) is 0.455. The summed E-state index contributed by atoms with van der Waals surface area (Å²) in [7, 11) is 0. The van der Waals surface area contributed by atoms with E-state index in [1.807, 2.05) is 13.8 Å². The number of aromatic nitrogens is 2. The fourth-order valence-corrected chi connectivity index (χ4v) is 3.06.